The average Bonchev–Trinajstić information content (AvgIpc) is 3.15. The Morgan fingerprint density at radius 1 is 0.967 bits per heavy atom. The Labute approximate surface area is 176 Å². The molecule has 0 atom stereocenters. The van der Waals surface area contributed by atoms with Gasteiger partial charge in [-0.1, -0.05) is 12.1 Å². The van der Waals surface area contributed by atoms with Crippen molar-refractivity contribution in [3.8, 4) is 22.4 Å². The highest BCUT2D eigenvalue weighted by Gasteiger charge is 2.13. The number of piperazine rings is 1. The molecule has 0 unspecified atom stereocenters. The summed E-state index contributed by atoms with van der Waals surface area (Å²) in [5.41, 5.74) is 13.6. The molecular weight excluding hydrogens is 372 g/mol. The van der Waals surface area contributed by atoms with Crippen LogP contribution in [0.5, 0.6) is 0 Å². The maximum Gasteiger partial charge on any atom is 0.128 e. The number of nitrogens with one attached hydrogen (secondary N) is 2. The van der Waals surface area contributed by atoms with E-state index in [0.29, 0.717) is 6.54 Å². The van der Waals surface area contributed by atoms with Gasteiger partial charge in [0, 0.05) is 73.3 Å². The van der Waals surface area contributed by atoms with Gasteiger partial charge in [-0.25, -0.2) is 4.98 Å². The number of anilines is 1. The highest BCUT2D eigenvalue weighted by atomic mass is 15.2. The van der Waals surface area contributed by atoms with Crippen LogP contribution in [0.1, 0.15) is 11.1 Å². The summed E-state index contributed by atoms with van der Waals surface area (Å²) in [6.07, 6.45) is 5.68. The van der Waals surface area contributed by atoms with E-state index in [1.54, 1.807) is 0 Å². The van der Waals surface area contributed by atoms with Crippen molar-refractivity contribution in [2.45, 2.75) is 13.5 Å². The fraction of sp³-hybridized carbons (Fsp3) is 0.250. The molecule has 4 heterocycles. The van der Waals surface area contributed by atoms with Gasteiger partial charge in [-0.15, -0.1) is 0 Å². The number of aromatic nitrogens is 3. The molecule has 0 amide bonds. The second-order valence-corrected chi connectivity index (χ2v) is 7.81. The maximum absolute atomic E-state index is 5.79. The molecule has 5 rings (SSSR count). The lowest BCUT2D eigenvalue weighted by atomic mass is 10.0. The highest BCUT2D eigenvalue weighted by molar-refractivity contribution is 5.93. The van der Waals surface area contributed by atoms with Gasteiger partial charge < -0.3 is 20.9 Å². The van der Waals surface area contributed by atoms with Crippen molar-refractivity contribution in [2.75, 3.05) is 31.1 Å². The molecule has 6 heteroatoms. The molecule has 6 nitrogen and oxygen atoms in total. The van der Waals surface area contributed by atoms with E-state index in [1.807, 2.05) is 18.6 Å². The number of aromatic amines is 1. The standard InChI is InChI=1S/C24H26N6/c1-16-21-4-2-18(19-3-5-23(28-15-19)30-8-6-26-7-9-30)11-22(21)29-24(16)20-10-17(12-25)13-27-14-20/h2-5,10-11,13-15,26,29H,6-9,12,25H2,1H3. The second-order valence-electron chi connectivity index (χ2n) is 7.81. The predicted octanol–water partition coefficient (Wildman–Crippen LogP) is 3.47. The molecule has 4 aromatic rings. The number of hydrogen-bond acceptors (Lipinski definition) is 5. The minimum Gasteiger partial charge on any atom is -0.354 e. The number of aryl methyl sites for hydroxylation is 1. The molecule has 0 spiro atoms. The Morgan fingerprint density at radius 3 is 2.57 bits per heavy atom. The summed E-state index contributed by atoms with van der Waals surface area (Å²) in [5, 5.41) is 4.60. The van der Waals surface area contributed by atoms with Crippen LogP contribution in [0, 0.1) is 6.92 Å². The smallest absolute Gasteiger partial charge is 0.128 e. The summed E-state index contributed by atoms with van der Waals surface area (Å²) in [6.45, 7) is 6.66. The summed E-state index contributed by atoms with van der Waals surface area (Å²) < 4.78 is 0. The first kappa shape index (κ1) is 18.8. The van der Waals surface area contributed by atoms with Gasteiger partial charge in [0.2, 0.25) is 0 Å². The monoisotopic (exact) mass is 398 g/mol. The highest BCUT2D eigenvalue weighted by Crippen LogP contribution is 2.32. The van der Waals surface area contributed by atoms with Gasteiger partial charge in [-0.3, -0.25) is 4.98 Å². The normalized spacial score (nSPS) is 14.4. The lowest BCUT2D eigenvalue weighted by Gasteiger charge is -2.28. The molecule has 0 saturated carbocycles. The molecule has 1 aliphatic heterocycles. The SMILES string of the molecule is Cc1c(-c2cncc(CN)c2)[nH]c2cc(-c3ccc(N4CCNCC4)nc3)ccc12. The Kier molecular flexibility index (Phi) is 4.94. The minimum absolute atomic E-state index is 0.487. The van der Waals surface area contributed by atoms with Crippen LogP contribution >= 0.6 is 0 Å². The number of rotatable bonds is 4. The molecule has 1 fully saturated rings. The second kappa shape index (κ2) is 7.89. The van der Waals surface area contributed by atoms with Gasteiger partial charge in [0.1, 0.15) is 5.82 Å². The summed E-state index contributed by atoms with van der Waals surface area (Å²) in [7, 11) is 0. The van der Waals surface area contributed by atoms with E-state index in [9.17, 15) is 0 Å². The fourth-order valence-corrected chi connectivity index (χ4v) is 4.18. The molecular formula is C24H26N6. The molecule has 1 saturated heterocycles. The van der Waals surface area contributed by atoms with Crippen LogP contribution in [0.15, 0.2) is 55.0 Å². The Hall–Kier alpha value is -3.22. The third-order valence-corrected chi connectivity index (χ3v) is 5.90. The van der Waals surface area contributed by atoms with E-state index in [4.69, 9.17) is 10.7 Å². The molecule has 152 valence electrons. The minimum atomic E-state index is 0.487. The van der Waals surface area contributed by atoms with Gasteiger partial charge >= 0.3 is 0 Å². The molecule has 1 aromatic carbocycles. The number of nitrogens with zero attached hydrogens (tertiary/aromatic N) is 3. The zero-order valence-corrected chi connectivity index (χ0v) is 17.2. The predicted molar refractivity (Wildman–Crippen MR) is 122 cm³/mol. The Morgan fingerprint density at radius 2 is 1.80 bits per heavy atom. The van der Waals surface area contributed by atoms with Crippen molar-refractivity contribution in [3.63, 3.8) is 0 Å². The molecule has 0 aliphatic carbocycles. The topological polar surface area (TPSA) is 82.9 Å². The average molecular weight is 399 g/mol. The third kappa shape index (κ3) is 3.44. The van der Waals surface area contributed by atoms with Crippen LogP contribution in [-0.4, -0.2) is 41.1 Å². The summed E-state index contributed by atoms with van der Waals surface area (Å²) in [6, 6.07) is 12.9. The first-order valence-electron chi connectivity index (χ1n) is 10.4. The van der Waals surface area contributed by atoms with Crippen LogP contribution in [0.25, 0.3) is 33.3 Å². The number of nitrogens with two attached hydrogens (primary N) is 1. The number of fused-ring (bicyclic) bond motifs is 1. The third-order valence-electron chi connectivity index (χ3n) is 5.90. The first-order valence-corrected chi connectivity index (χ1v) is 10.4. The van der Waals surface area contributed by atoms with Gasteiger partial charge in [-0.2, -0.15) is 0 Å². The quantitative estimate of drug-likeness (QED) is 0.490. The molecule has 30 heavy (non-hydrogen) atoms. The fourth-order valence-electron chi connectivity index (χ4n) is 4.18. The summed E-state index contributed by atoms with van der Waals surface area (Å²) in [4.78, 5) is 15.0. The molecule has 4 N–H and O–H groups in total. The van der Waals surface area contributed by atoms with Crippen molar-refractivity contribution in [1.82, 2.24) is 20.3 Å². The molecule has 0 bridgehead atoms. The van der Waals surface area contributed by atoms with Crippen LogP contribution in [0.3, 0.4) is 0 Å². The first-order chi connectivity index (χ1) is 14.7. The molecule has 0 radical (unpaired) electrons. The lowest BCUT2D eigenvalue weighted by molar-refractivity contribution is 0.585. The van der Waals surface area contributed by atoms with E-state index < -0.39 is 0 Å². The van der Waals surface area contributed by atoms with Crippen LogP contribution < -0.4 is 16.0 Å². The van der Waals surface area contributed by atoms with Gasteiger partial charge in [0.05, 0.1) is 5.69 Å². The zero-order valence-electron chi connectivity index (χ0n) is 17.2. The van der Waals surface area contributed by atoms with Crippen molar-refractivity contribution in [1.29, 1.82) is 0 Å². The van der Waals surface area contributed by atoms with Gasteiger partial charge in [0.25, 0.3) is 0 Å². The van der Waals surface area contributed by atoms with E-state index >= 15 is 0 Å². The Bertz CT molecular complexity index is 1170. The van der Waals surface area contributed by atoms with E-state index in [-0.39, 0.29) is 0 Å². The maximum atomic E-state index is 5.79. The largest absolute Gasteiger partial charge is 0.354 e. The van der Waals surface area contributed by atoms with Crippen molar-refractivity contribution >= 4 is 16.7 Å². The summed E-state index contributed by atoms with van der Waals surface area (Å²) in [5.74, 6) is 1.05. The van der Waals surface area contributed by atoms with Gasteiger partial charge in [0.15, 0.2) is 0 Å². The lowest BCUT2D eigenvalue weighted by Crippen LogP contribution is -2.43. The number of hydrogen-bond donors (Lipinski definition) is 3. The van der Waals surface area contributed by atoms with E-state index in [2.05, 4.69) is 63.5 Å². The number of benzene rings is 1. The van der Waals surface area contributed by atoms with Crippen molar-refractivity contribution in [3.05, 3.63) is 66.1 Å². The van der Waals surface area contributed by atoms with Crippen LogP contribution in [-0.2, 0) is 6.54 Å². The van der Waals surface area contributed by atoms with Gasteiger partial charge in [-0.05, 0) is 47.9 Å². The van der Waals surface area contributed by atoms with Crippen molar-refractivity contribution in [2.24, 2.45) is 5.73 Å². The number of H-pyrrole nitrogens is 1. The van der Waals surface area contributed by atoms with Crippen LogP contribution in [0.4, 0.5) is 5.82 Å². The van der Waals surface area contributed by atoms with Crippen LogP contribution in [0.2, 0.25) is 0 Å². The van der Waals surface area contributed by atoms with E-state index in [1.165, 1.54) is 10.9 Å². The molecule has 3 aromatic heterocycles. The van der Waals surface area contributed by atoms with Crippen molar-refractivity contribution < 1.29 is 0 Å². The summed E-state index contributed by atoms with van der Waals surface area (Å²) >= 11 is 0. The number of pyridine rings is 2. The Balaban J connectivity index is 1.47. The van der Waals surface area contributed by atoms with E-state index in [0.717, 1.165) is 65.5 Å². The molecule has 1 aliphatic rings. The zero-order chi connectivity index (χ0) is 20.5.